The normalized spacial score (nSPS) is 17.8. The second kappa shape index (κ2) is 6.03. The molecule has 0 aromatic heterocycles. The van der Waals surface area contributed by atoms with Crippen LogP contribution in [0.25, 0.3) is 0 Å². The third kappa shape index (κ3) is 3.55. The van der Waals surface area contributed by atoms with Crippen LogP contribution in [0.15, 0.2) is 29.2 Å². The number of nitrogens with one attached hydrogen (secondary N) is 1. The molecule has 2 rings (SSSR count). The molecule has 0 radical (unpaired) electrons. The maximum absolute atomic E-state index is 12.5. The minimum atomic E-state index is -3.35. The van der Waals surface area contributed by atoms with E-state index in [9.17, 15) is 8.42 Å². The predicted molar refractivity (Wildman–Crippen MR) is 76.6 cm³/mol. The Hall–Kier alpha value is -0.910. The molecule has 1 heterocycles. The first-order valence-electron chi connectivity index (χ1n) is 6.74. The summed E-state index contributed by atoms with van der Waals surface area (Å²) in [4.78, 5) is 0.393. The van der Waals surface area contributed by atoms with E-state index in [1.807, 2.05) is 13.0 Å². The summed E-state index contributed by atoms with van der Waals surface area (Å²) in [5.41, 5.74) is 0.969. The molecule has 106 valence electrons. The summed E-state index contributed by atoms with van der Waals surface area (Å²) >= 11 is 0. The summed E-state index contributed by atoms with van der Waals surface area (Å²) in [6.45, 7) is 4.50. The Morgan fingerprint density at radius 3 is 2.63 bits per heavy atom. The van der Waals surface area contributed by atoms with Crippen LogP contribution in [0, 0.1) is 12.8 Å². The van der Waals surface area contributed by atoms with Crippen molar-refractivity contribution in [2.75, 3.05) is 26.7 Å². The van der Waals surface area contributed by atoms with Gasteiger partial charge in [-0.25, -0.2) is 12.7 Å². The Labute approximate surface area is 115 Å². The molecule has 0 spiro atoms. The summed E-state index contributed by atoms with van der Waals surface area (Å²) in [6, 6.07) is 7.10. The van der Waals surface area contributed by atoms with Crippen LogP contribution < -0.4 is 5.32 Å². The first-order valence-corrected chi connectivity index (χ1v) is 8.18. The van der Waals surface area contributed by atoms with E-state index in [4.69, 9.17) is 0 Å². The fraction of sp³-hybridized carbons (Fsp3) is 0.571. The topological polar surface area (TPSA) is 49.4 Å². The zero-order valence-electron chi connectivity index (χ0n) is 11.6. The van der Waals surface area contributed by atoms with Gasteiger partial charge >= 0.3 is 0 Å². The quantitative estimate of drug-likeness (QED) is 0.913. The predicted octanol–water partition coefficient (Wildman–Crippen LogP) is 1.62. The molecule has 5 heteroatoms. The van der Waals surface area contributed by atoms with Gasteiger partial charge < -0.3 is 5.32 Å². The van der Waals surface area contributed by atoms with E-state index in [2.05, 4.69) is 5.32 Å². The Morgan fingerprint density at radius 1 is 1.32 bits per heavy atom. The SMILES string of the molecule is Cc1cccc(S(=O)(=O)N(C)CC2CCNCC2)c1. The highest BCUT2D eigenvalue weighted by molar-refractivity contribution is 7.89. The van der Waals surface area contributed by atoms with Crippen molar-refractivity contribution in [2.24, 2.45) is 5.92 Å². The molecule has 1 saturated heterocycles. The second-order valence-corrected chi connectivity index (χ2v) is 7.34. The molecule has 1 aromatic carbocycles. The molecule has 0 unspecified atom stereocenters. The lowest BCUT2D eigenvalue weighted by atomic mass is 9.98. The van der Waals surface area contributed by atoms with E-state index in [1.165, 1.54) is 4.31 Å². The molecule has 1 aliphatic rings. The molecule has 0 aliphatic carbocycles. The highest BCUT2D eigenvalue weighted by Crippen LogP contribution is 2.19. The van der Waals surface area contributed by atoms with Crippen LogP contribution in [-0.2, 0) is 10.0 Å². The molecular formula is C14H22N2O2S. The number of benzene rings is 1. The Kier molecular flexibility index (Phi) is 4.60. The van der Waals surface area contributed by atoms with Gasteiger partial charge in [0.05, 0.1) is 4.90 Å². The maximum atomic E-state index is 12.5. The molecule has 0 amide bonds. The molecule has 1 fully saturated rings. The van der Waals surface area contributed by atoms with Crippen molar-refractivity contribution in [3.8, 4) is 0 Å². The van der Waals surface area contributed by atoms with Crippen LogP contribution in [0.2, 0.25) is 0 Å². The number of sulfonamides is 1. The fourth-order valence-corrected chi connectivity index (χ4v) is 3.83. The number of hydrogen-bond acceptors (Lipinski definition) is 3. The van der Waals surface area contributed by atoms with E-state index in [0.717, 1.165) is 31.5 Å². The van der Waals surface area contributed by atoms with Crippen molar-refractivity contribution in [1.29, 1.82) is 0 Å². The molecule has 1 aliphatic heterocycles. The van der Waals surface area contributed by atoms with Gasteiger partial charge in [-0.2, -0.15) is 0 Å². The summed E-state index contributed by atoms with van der Waals surface area (Å²) in [5.74, 6) is 0.464. The zero-order valence-corrected chi connectivity index (χ0v) is 12.4. The standard InChI is InChI=1S/C14H22N2O2S/c1-12-4-3-5-14(10-12)19(17,18)16(2)11-13-6-8-15-9-7-13/h3-5,10,13,15H,6-9,11H2,1-2H3. The summed E-state index contributed by atoms with van der Waals surface area (Å²) in [5, 5.41) is 3.30. The minimum absolute atomic E-state index is 0.393. The van der Waals surface area contributed by atoms with Crippen LogP contribution in [0.4, 0.5) is 0 Å². The smallest absolute Gasteiger partial charge is 0.242 e. The van der Waals surface area contributed by atoms with Gasteiger partial charge in [0.1, 0.15) is 0 Å². The maximum Gasteiger partial charge on any atom is 0.242 e. The molecule has 4 nitrogen and oxygen atoms in total. The van der Waals surface area contributed by atoms with E-state index in [0.29, 0.717) is 17.4 Å². The largest absolute Gasteiger partial charge is 0.317 e. The van der Waals surface area contributed by atoms with Crippen LogP contribution in [0.5, 0.6) is 0 Å². The van der Waals surface area contributed by atoms with Gasteiger partial charge in [0, 0.05) is 13.6 Å². The van der Waals surface area contributed by atoms with Gasteiger partial charge in [0.15, 0.2) is 0 Å². The van der Waals surface area contributed by atoms with Crippen molar-refractivity contribution >= 4 is 10.0 Å². The van der Waals surface area contributed by atoms with Gasteiger partial charge in [0.25, 0.3) is 0 Å². The van der Waals surface area contributed by atoms with E-state index in [-0.39, 0.29) is 0 Å². The van der Waals surface area contributed by atoms with Crippen molar-refractivity contribution in [1.82, 2.24) is 9.62 Å². The van der Waals surface area contributed by atoms with Crippen LogP contribution >= 0.6 is 0 Å². The fourth-order valence-electron chi connectivity index (χ4n) is 2.48. The highest BCUT2D eigenvalue weighted by atomic mass is 32.2. The summed E-state index contributed by atoms with van der Waals surface area (Å²) in [7, 11) is -1.67. The van der Waals surface area contributed by atoms with E-state index < -0.39 is 10.0 Å². The number of hydrogen-bond donors (Lipinski definition) is 1. The number of rotatable bonds is 4. The first-order chi connectivity index (χ1) is 9.00. The number of nitrogens with zero attached hydrogens (tertiary/aromatic N) is 1. The zero-order chi connectivity index (χ0) is 13.9. The van der Waals surface area contributed by atoms with Crippen LogP contribution in [0.3, 0.4) is 0 Å². The third-order valence-corrected chi connectivity index (χ3v) is 5.49. The van der Waals surface area contributed by atoms with Gasteiger partial charge in [-0.05, 0) is 56.5 Å². The summed E-state index contributed by atoms with van der Waals surface area (Å²) in [6.07, 6.45) is 2.10. The monoisotopic (exact) mass is 282 g/mol. The molecule has 0 atom stereocenters. The third-order valence-electron chi connectivity index (χ3n) is 3.67. The minimum Gasteiger partial charge on any atom is -0.317 e. The Bertz CT molecular complexity index is 522. The summed E-state index contributed by atoms with van der Waals surface area (Å²) < 4.78 is 26.4. The number of piperidine rings is 1. The highest BCUT2D eigenvalue weighted by Gasteiger charge is 2.24. The van der Waals surface area contributed by atoms with Gasteiger partial charge in [0.2, 0.25) is 10.0 Å². The van der Waals surface area contributed by atoms with E-state index >= 15 is 0 Å². The molecule has 19 heavy (non-hydrogen) atoms. The molecule has 0 bridgehead atoms. The van der Waals surface area contributed by atoms with Crippen LogP contribution in [0.1, 0.15) is 18.4 Å². The second-order valence-electron chi connectivity index (χ2n) is 5.30. The van der Waals surface area contributed by atoms with Gasteiger partial charge in [-0.3, -0.25) is 0 Å². The van der Waals surface area contributed by atoms with Crippen molar-refractivity contribution < 1.29 is 8.42 Å². The van der Waals surface area contributed by atoms with Crippen LogP contribution in [-0.4, -0.2) is 39.4 Å². The Balaban J connectivity index is 2.10. The van der Waals surface area contributed by atoms with Gasteiger partial charge in [-0.15, -0.1) is 0 Å². The lowest BCUT2D eigenvalue weighted by Crippen LogP contribution is -2.37. The van der Waals surface area contributed by atoms with Crippen molar-refractivity contribution in [3.05, 3.63) is 29.8 Å². The van der Waals surface area contributed by atoms with Crippen molar-refractivity contribution in [3.63, 3.8) is 0 Å². The molecule has 1 N–H and O–H groups in total. The molecular weight excluding hydrogens is 260 g/mol. The Morgan fingerprint density at radius 2 is 2.00 bits per heavy atom. The average molecular weight is 282 g/mol. The molecule has 1 aromatic rings. The lowest BCUT2D eigenvalue weighted by molar-refractivity contribution is 0.311. The first kappa shape index (κ1) is 14.5. The van der Waals surface area contributed by atoms with E-state index in [1.54, 1.807) is 25.2 Å². The molecule has 0 saturated carbocycles. The number of aryl methyl sites for hydroxylation is 1. The van der Waals surface area contributed by atoms with Crippen molar-refractivity contribution in [2.45, 2.75) is 24.7 Å². The lowest BCUT2D eigenvalue weighted by Gasteiger charge is -2.27. The van der Waals surface area contributed by atoms with Gasteiger partial charge in [-0.1, -0.05) is 12.1 Å². The average Bonchev–Trinajstić information content (AvgIpc) is 2.40.